The van der Waals surface area contributed by atoms with E-state index >= 15 is 0 Å². The van der Waals surface area contributed by atoms with E-state index in [0.29, 0.717) is 5.57 Å². The first-order valence-corrected chi connectivity index (χ1v) is 14.5. The van der Waals surface area contributed by atoms with Crippen molar-refractivity contribution in [1.82, 2.24) is 15.2 Å². The van der Waals surface area contributed by atoms with Gasteiger partial charge < -0.3 is 36.9 Å². The maximum atomic E-state index is 13.1. The molecule has 2 fully saturated rings. The molecule has 3 atom stereocenters. The van der Waals surface area contributed by atoms with Crippen molar-refractivity contribution in [2.45, 2.75) is 29.0 Å². The number of nitrogen functional groups attached to an aromatic ring is 1. The topological polar surface area (TPSA) is 265 Å². The first kappa shape index (κ1) is 29.2. The monoisotopic (exact) mass is 630 g/mol. The molecule has 1 aromatic heterocycles. The van der Waals surface area contributed by atoms with Crippen molar-refractivity contribution in [1.29, 1.82) is 0 Å². The number of hydrogen-bond donors (Lipinski definition) is 6. The first-order valence-electron chi connectivity index (χ1n) is 10.8. The Morgan fingerprint density at radius 1 is 1.23 bits per heavy atom. The van der Waals surface area contributed by atoms with Crippen LogP contribution >= 0.6 is 46.6 Å². The number of oxime groups is 1. The zero-order valence-corrected chi connectivity index (χ0v) is 23.2. The fourth-order valence-electron chi connectivity index (χ4n) is 3.57. The molecule has 8 N–H and O–H groups in total. The van der Waals surface area contributed by atoms with E-state index in [-0.39, 0.29) is 26.5 Å². The highest BCUT2D eigenvalue weighted by Crippen LogP contribution is 2.58. The fourth-order valence-corrected chi connectivity index (χ4v) is 8.27. The second-order valence-electron chi connectivity index (χ2n) is 8.04. The molecular formula is C20H18N6O10S4. The summed E-state index contributed by atoms with van der Waals surface area (Å²) in [6.45, 7) is 1.19. The van der Waals surface area contributed by atoms with Gasteiger partial charge in [0.1, 0.15) is 28.4 Å². The number of nitrogens with one attached hydrogen (secondary N) is 1. The highest BCUT2D eigenvalue weighted by Gasteiger charge is 2.56. The number of nitrogens with zero attached hydrogens (tertiary/aromatic N) is 3. The van der Waals surface area contributed by atoms with Gasteiger partial charge in [0.2, 0.25) is 6.10 Å². The van der Waals surface area contributed by atoms with Crippen molar-refractivity contribution < 1.29 is 48.9 Å². The molecule has 1 aromatic rings. The normalized spacial score (nSPS) is 22.9. The lowest BCUT2D eigenvalue weighted by Gasteiger charge is -2.50. The van der Waals surface area contributed by atoms with Gasteiger partial charge >= 0.3 is 17.9 Å². The minimum absolute atomic E-state index is 0.0227. The summed E-state index contributed by atoms with van der Waals surface area (Å²) in [5.74, 6) is -6.91. The third-order valence-corrected chi connectivity index (χ3v) is 10.5. The Balaban J connectivity index is 1.53. The van der Waals surface area contributed by atoms with Gasteiger partial charge in [-0.25, -0.2) is 19.4 Å². The number of β-lactam (4-membered cyclic amide) rings is 1. The number of fused-ring (bicyclic) bond motifs is 1. The average molecular weight is 631 g/mol. The van der Waals surface area contributed by atoms with Crippen LogP contribution in [0.3, 0.4) is 0 Å². The summed E-state index contributed by atoms with van der Waals surface area (Å²) < 4.78 is -0.449. The highest BCUT2D eigenvalue weighted by molar-refractivity contribution is 8.38. The van der Waals surface area contributed by atoms with E-state index < -0.39 is 69.0 Å². The molecule has 40 heavy (non-hydrogen) atoms. The number of amides is 3. The zero-order chi connectivity index (χ0) is 29.5. The summed E-state index contributed by atoms with van der Waals surface area (Å²) in [5, 5.41) is 34.9. The van der Waals surface area contributed by atoms with Crippen molar-refractivity contribution in [3.63, 3.8) is 0 Å². The quantitative estimate of drug-likeness (QED) is 0.0463. The molecule has 3 aliphatic rings. The maximum absolute atomic E-state index is 13.1. The number of anilines is 1. The van der Waals surface area contributed by atoms with Crippen LogP contribution in [0.25, 0.3) is 0 Å². The van der Waals surface area contributed by atoms with Crippen molar-refractivity contribution in [2.24, 2.45) is 10.9 Å². The third kappa shape index (κ3) is 5.46. The molecule has 212 valence electrons. The number of thioether (sulfide) groups is 3. The van der Waals surface area contributed by atoms with E-state index in [2.05, 4.69) is 15.5 Å². The zero-order valence-electron chi connectivity index (χ0n) is 19.9. The highest BCUT2D eigenvalue weighted by atomic mass is 32.3. The molecule has 1 unspecified atom stereocenters. The van der Waals surface area contributed by atoms with Crippen LogP contribution < -0.4 is 16.8 Å². The standard InChI is InChI=1S/C20H18N6O10S4/c1-4(15(30)31)36-25-8(6-3-38-20(22)23-6)12(28)24-9-13(29)26-10(17(34)35)5(2-37-14(9)26)18-39-19(40-18)7(11(21)27)16(32)33/h3-4,9,14,18H,2H2,1H3,(H2,21,27)(H2,22,23)(H,24,28)(H,30,31)(H,32,33)(H,34,35)/b19-7?,25-8-/t4?,9-,14-,18?/m1/s1. The number of primary amides is 1. The summed E-state index contributed by atoms with van der Waals surface area (Å²) in [6.07, 6.45) is -1.40. The molecule has 2 saturated heterocycles. The van der Waals surface area contributed by atoms with Crippen LogP contribution in [0.1, 0.15) is 12.6 Å². The molecule has 0 aromatic carbocycles. The largest absolute Gasteiger partial charge is 0.478 e. The van der Waals surface area contributed by atoms with Gasteiger partial charge in [-0.15, -0.1) is 23.1 Å². The number of aromatic nitrogens is 1. The summed E-state index contributed by atoms with van der Waals surface area (Å²) in [5.41, 5.74) is 9.71. The Morgan fingerprint density at radius 3 is 2.42 bits per heavy atom. The second-order valence-corrected chi connectivity index (χ2v) is 12.8. The Morgan fingerprint density at radius 2 is 1.90 bits per heavy atom. The number of nitrogens with two attached hydrogens (primary N) is 2. The summed E-state index contributed by atoms with van der Waals surface area (Å²) in [6, 6.07) is -1.16. The number of hydrogen-bond acceptors (Lipinski definition) is 14. The van der Waals surface area contributed by atoms with E-state index in [1.165, 1.54) is 24.1 Å². The van der Waals surface area contributed by atoms with Gasteiger partial charge in [-0.1, -0.05) is 28.7 Å². The summed E-state index contributed by atoms with van der Waals surface area (Å²) >= 11 is 4.05. The van der Waals surface area contributed by atoms with E-state index in [4.69, 9.17) is 21.4 Å². The lowest BCUT2D eigenvalue weighted by molar-refractivity contribution is -0.150. The Kier molecular flexibility index (Phi) is 8.33. The van der Waals surface area contributed by atoms with E-state index in [9.17, 15) is 39.0 Å². The van der Waals surface area contributed by atoms with Gasteiger partial charge in [0.05, 0.1) is 8.82 Å². The van der Waals surface area contributed by atoms with Crippen molar-refractivity contribution in [2.75, 3.05) is 11.5 Å². The first-order chi connectivity index (χ1) is 18.8. The van der Waals surface area contributed by atoms with Gasteiger partial charge in [0.25, 0.3) is 17.7 Å². The number of carbonyl (C=O) groups excluding carboxylic acids is 3. The van der Waals surface area contributed by atoms with Crippen molar-refractivity contribution in [3.05, 3.63) is 32.2 Å². The van der Waals surface area contributed by atoms with Crippen LogP contribution in [0, 0.1) is 0 Å². The average Bonchev–Trinajstić information content (AvgIpc) is 3.28. The molecule has 3 amide bonds. The second kappa shape index (κ2) is 11.4. The molecule has 0 radical (unpaired) electrons. The molecule has 3 aliphatic heterocycles. The lowest BCUT2D eigenvalue weighted by Crippen LogP contribution is -2.71. The molecule has 16 nitrogen and oxygen atoms in total. The molecule has 0 bridgehead atoms. The SMILES string of the molecule is CC(O/N=C(\C(=O)N[C@@H]1C(=O)N2C(C(=O)O)=C(C3SC(=C(C(N)=O)C(=O)O)S3)CS[C@H]12)c1csc(N)n1)C(=O)O. The molecule has 4 rings (SSSR count). The van der Waals surface area contributed by atoms with Gasteiger partial charge in [0, 0.05) is 11.1 Å². The van der Waals surface area contributed by atoms with E-state index in [1.54, 1.807) is 0 Å². The van der Waals surface area contributed by atoms with Crippen molar-refractivity contribution in [3.8, 4) is 0 Å². The minimum atomic E-state index is -1.51. The van der Waals surface area contributed by atoms with Crippen LogP contribution in [-0.4, -0.2) is 94.4 Å². The maximum Gasteiger partial charge on any atom is 0.352 e. The van der Waals surface area contributed by atoms with Crippen LogP contribution in [0.2, 0.25) is 0 Å². The lowest BCUT2D eigenvalue weighted by atomic mass is 10.0. The molecule has 0 aliphatic carbocycles. The van der Waals surface area contributed by atoms with Crippen molar-refractivity contribution >= 4 is 93.1 Å². The van der Waals surface area contributed by atoms with Crippen LogP contribution in [-0.2, 0) is 33.6 Å². The van der Waals surface area contributed by atoms with Gasteiger partial charge in [0.15, 0.2) is 10.8 Å². The number of thiazole rings is 1. The Hall–Kier alpha value is -3.75. The predicted molar refractivity (Wildman–Crippen MR) is 144 cm³/mol. The number of rotatable bonds is 10. The number of carbonyl (C=O) groups is 6. The van der Waals surface area contributed by atoms with Gasteiger partial charge in [-0.3, -0.25) is 19.3 Å². The number of carboxylic acid groups (broad SMARTS) is 3. The molecule has 4 heterocycles. The summed E-state index contributed by atoms with van der Waals surface area (Å²) in [4.78, 5) is 81.9. The molecule has 20 heteroatoms. The Labute approximate surface area is 240 Å². The third-order valence-electron chi connectivity index (χ3n) is 5.49. The van der Waals surface area contributed by atoms with Gasteiger partial charge in [-0.2, -0.15) is 0 Å². The van der Waals surface area contributed by atoms with Crippen LogP contribution in [0.4, 0.5) is 5.13 Å². The molecule has 0 spiro atoms. The minimum Gasteiger partial charge on any atom is -0.478 e. The number of carboxylic acids is 3. The molecule has 0 saturated carbocycles. The fraction of sp³-hybridized carbons (Fsp3) is 0.300. The van der Waals surface area contributed by atoms with Crippen LogP contribution in [0.5, 0.6) is 0 Å². The Bertz CT molecular complexity index is 1410. The molecular weight excluding hydrogens is 613 g/mol. The summed E-state index contributed by atoms with van der Waals surface area (Å²) in [7, 11) is 0. The van der Waals surface area contributed by atoms with Crippen LogP contribution in [0.15, 0.2) is 31.6 Å². The smallest absolute Gasteiger partial charge is 0.352 e. The van der Waals surface area contributed by atoms with E-state index in [0.717, 1.165) is 39.8 Å². The number of aliphatic carboxylic acids is 3. The predicted octanol–water partition coefficient (Wildman–Crippen LogP) is -0.755. The van der Waals surface area contributed by atoms with Gasteiger partial charge in [-0.05, 0) is 12.5 Å². The van der Waals surface area contributed by atoms with E-state index in [1.807, 2.05) is 0 Å².